The number of carboxylic acids is 2. The van der Waals surface area contributed by atoms with Crippen molar-refractivity contribution in [3.8, 4) is 0 Å². The lowest BCUT2D eigenvalue weighted by Gasteiger charge is -2.16. The van der Waals surface area contributed by atoms with E-state index in [1.807, 2.05) is 0 Å². The van der Waals surface area contributed by atoms with Crippen LogP contribution in [0.25, 0.3) is 0 Å². The number of non-ortho nitro benzene ring substituents is 1. The van der Waals surface area contributed by atoms with Crippen LogP contribution >= 0.6 is 0 Å². The number of benzene rings is 1. The van der Waals surface area contributed by atoms with Gasteiger partial charge < -0.3 is 15.1 Å². The molecule has 1 amide bonds. The Balaban J connectivity index is 2.44. The first-order chi connectivity index (χ1) is 9.79. The second-order valence-corrected chi connectivity index (χ2v) is 4.54. The molecule has 2 N–H and O–H groups in total. The number of rotatable bonds is 4. The van der Waals surface area contributed by atoms with E-state index in [-0.39, 0.29) is 24.2 Å². The van der Waals surface area contributed by atoms with Crippen LogP contribution < -0.4 is 4.90 Å². The molecule has 1 atom stereocenters. The Labute approximate surface area is 117 Å². The van der Waals surface area contributed by atoms with Gasteiger partial charge in [-0.2, -0.15) is 0 Å². The fourth-order valence-corrected chi connectivity index (χ4v) is 2.10. The number of carboxylic acid groups (broad SMARTS) is 2. The lowest BCUT2D eigenvalue weighted by atomic mass is 10.1. The van der Waals surface area contributed by atoms with Gasteiger partial charge in [-0.3, -0.25) is 19.7 Å². The summed E-state index contributed by atoms with van der Waals surface area (Å²) in [5, 5.41) is 28.7. The van der Waals surface area contributed by atoms with Gasteiger partial charge in [-0.1, -0.05) is 0 Å². The molecule has 1 aromatic rings. The highest BCUT2D eigenvalue weighted by molar-refractivity contribution is 6.00. The molecule has 0 aromatic heterocycles. The zero-order valence-corrected chi connectivity index (χ0v) is 10.6. The van der Waals surface area contributed by atoms with Crippen LogP contribution in [0, 0.1) is 16.0 Å². The van der Waals surface area contributed by atoms with Crippen molar-refractivity contribution >= 4 is 29.2 Å². The van der Waals surface area contributed by atoms with Crippen molar-refractivity contribution in [1.82, 2.24) is 0 Å². The minimum atomic E-state index is -1.37. The summed E-state index contributed by atoms with van der Waals surface area (Å²) in [6.45, 7) is -0.144. The topological polar surface area (TPSA) is 138 Å². The van der Waals surface area contributed by atoms with E-state index in [0.717, 1.165) is 23.1 Å². The molecule has 2 rings (SSSR count). The third-order valence-corrected chi connectivity index (χ3v) is 3.15. The fourth-order valence-electron chi connectivity index (χ4n) is 2.10. The predicted molar refractivity (Wildman–Crippen MR) is 68.2 cm³/mol. The Morgan fingerprint density at radius 1 is 1.29 bits per heavy atom. The zero-order chi connectivity index (χ0) is 15.7. The lowest BCUT2D eigenvalue weighted by Crippen LogP contribution is -2.26. The molecule has 1 heterocycles. The molecule has 9 nitrogen and oxygen atoms in total. The largest absolute Gasteiger partial charge is 0.481 e. The van der Waals surface area contributed by atoms with Gasteiger partial charge in [0.1, 0.15) is 0 Å². The number of amides is 1. The fraction of sp³-hybridized carbons (Fsp3) is 0.250. The second kappa shape index (κ2) is 5.19. The predicted octanol–water partition coefficient (Wildman–Crippen LogP) is 0.730. The molecule has 1 aliphatic heterocycles. The number of carbonyl (C=O) groups excluding carboxylic acids is 1. The SMILES string of the molecule is O=C(O)c1cc(N2CC(C(=O)O)CC2=O)cc([N+](=O)[O-])c1. The first-order valence-corrected chi connectivity index (χ1v) is 5.85. The maximum absolute atomic E-state index is 11.8. The van der Waals surface area contributed by atoms with E-state index < -0.39 is 34.4 Å². The number of hydrogen-bond donors (Lipinski definition) is 2. The molecule has 110 valence electrons. The van der Waals surface area contributed by atoms with Crippen LogP contribution in [0.15, 0.2) is 18.2 Å². The summed E-state index contributed by atoms with van der Waals surface area (Å²) in [6, 6.07) is 3.03. The average molecular weight is 294 g/mol. The molecular weight excluding hydrogens is 284 g/mol. The van der Waals surface area contributed by atoms with Gasteiger partial charge in [0.25, 0.3) is 5.69 Å². The van der Waals surface area contributed by atoms with Crippen LogP contribution in [-0.4, -0.2) is 39.5 Å². The normalized spacial score (nSPS) is 17.8. The number of nitrogens with zero attached hydrogens (tertiary/aromatic N) is 2. The molecule has 0 bridgehead atoms. The number of hydrogen-bond acceptors (Lipinski definition) is 5. The summed E-state index contributed by atoms with van der Waals surface area (Å²) >= 11 is 0. The van der Waals surface area contributed by atoms with E-state index in [1.165, 1.54) is 0 Å². The van der Waals surface area contributed by atoms with Crippen molar-refractivity contribution in [1.29, 1.82) is 0 Å². The lowest BCUT2D eigenvalue weighted by molar-refractivity contribution is -0.384. The average Bonchev–Trinajstić information content (AvgIpc) is 2.80. The van der Waals surface area contributed by atoms with E-state index in [1.54, 1.807) is 0 Å². The highest BCUT2D eigenvalue weighted by atomic mass is 16.6. The van der Waals surface area contributed by atoms with Crippen molar-refractivity contribution in [2.24, 2.45) is 5.92 Å². The van der Waals surface area contributed by atoms with Crippen LogP contribution in [0.3, 0.4) is 0 Å². The Morgan fingerprint density at radius 2 is 1.95 bits per heavy atom. The van der Waals surface area contributed by atoms with Gasteiger partial charge in [0.05, 0.1) is 22.1 Å². The molecule has 1 unspecified atom stereocenters. The highest BCUT2D eigenvalue weighted by Gasteiger charge is 2.35. The third-order valence-electron chi connectivity index (χ3n) is 3.15. The maximum atomic E-state index is 11.8. The molecule has 21 heavy (non-hydrogen) atoms. The first-order valence-electron chi connectivity index (χ1n) is 5.85. The quantitative estimate of drug-likeness (QED) is 0.616. The number of carbonyl (C=O) groups is 3. The molecule has 9 heteroatoms. The monoisotopic (exact) mass is 294 g/mol. The Kier molecular flexibility index (Phi) is 3.57. The van der Waals surface area contributed by atoms with Crippen LogP contribution in [0.5, 0.6) is 0 Å². The molecule has 0 spiro atoms. The van der Waals surface area contributed by atoms with Crippen molar-refractivity contribution in [3.05, 3.63) is 33.9 Å². The third kappa shape index (κ3) is 2.81. The number of nitro benzene ring substituents is 1. The summed E-state index contributed by atoms with van der Waals surface area (Å²) in [5.74, 6) is -3.94. The number of aromatic carboxylic acids is 1. The standard InChI is InChI=1S/C12H10N2O7/c15-10-3-7(12(18)19)5-13(10)8-1-6(11(16)17)2-9(4-8)14(20)21/h1-2,4,7H,3,5H2,(H,16,17)(H,18,19). The van der Waals surface area contributed by atoms with Gasteiger partial charge in [-0.05, 0) is 6.07 Å². The molecule has 1 aromatic carbocycles. The van der Waals surface area contributed by atoms with E-state index in [4.69, 9.17) is 10.2 Å². The summed E-state index contributed by atoms with van der Waals surface area (Å²) in [6.07, 6.45) is -0.222. The van der Waals surface area contributed by atoms with Crippen molar-refractivity contribution < 1.29 is 29.5 Å². The van der Waals surface area contributed by atoms with Crippen molar-refractivity contribution in [2.45, 2.75) is 6.42 Å². The number of nitro groups is 1. The van der Waals surface area contributed by atoms with Gasteiger partial charge in [0.2, 0.25) is 5.91 Å². The van der Waals surface area contributed by atoms with E-state index in [2.05, 4.69) is 0 Å². The van der Waals surface area contributed by atoms with Crippen LogP contribution in [0.2, 0.25) is 0 Å². The van der Waals surface area contributed by atoms with Gasteiger partial charge >= 0.3 is 11.9 Å². The Morgan fingerprint density at radius 3 is 2.43 bits per heavy atom. The summed E-state index contributed by atoms with van der Waals surface area (Å²) in [7, 11) is 0. The number of anilines is 1. The molecule has 1 saturated heterocycles. The van der Waals surface area contributed by atoms with Gasteiger partial charge in [-0.25, -0.2) is 4.79 Å². The molecular formula is C12H10N2O7. The molecule has 0 saturated carbocycles. The highest BCUT2D eigenvalue weighted by Crippen LogP contribution is 2.29. The Bertz CT molecular complexity index is 623. The van der Waals surface area contributed by atoms with E-state index in [9.17, 15) is 24.5 Å². The van der Waals surface area contributed by atoms with E-state index in [0.29, 0.717) is 0 Å². The smallest absolute Gasteiger partial charge is 0.336 e. The first kappa shape index (κ1) is 14.4. The minimum absolute atomic E-state index is 0.00958. The van der Waals surface area contributed by atoms with Gasteiger partial charge in [0.15, 0.2) is 0 Å². The summed E-state index contributed by atoms with van der Waals surface area (Å²) < 4.78 is 0. The molecule has 1 aliphatic rings. The maximum Gasteiger partial charge on any atom is 0.336 e. The van der Waals surface area contributed by atoms with E-state index >= 15 is 0 Å². The van der Waals surface area contributed by atoms with Crippen LogP contribution in [-0.2, 0) is 9.59 Å². The number of aliphatic carboxylic acids is 1. The van der Waals surface area contributed by atoms with Gasteiger partial charge in [-0.15, -0.1) is 0 Å². The zero-order valence-electron chi connectivity index (χ0n) is 10.6. The van der Waals surface area contributed by atoms with Crippen LogP contribution in [0.4, 0.5) is 11.4 Å². The van der Waals surface area contributed by atoms with Crippen molar-refractivity contribution in [3.63, 3.8) is 0 Å². The molecule has 1 fully saturated rings. The van der Waals surface area contributed by atoms with Crippen molar-refractivity contribution in [2.75, 3.05) is 11.4 Å². The summed E-state index contributed by atoms with van der Waals surface area (Å²) in [5.41, 5.74) is -0.808. The van der Waals surface area contributed by atoms with Crippen LogP contribution in [0.1, 0.15) is 16.8 Å². The second-order valence-electron chi connectivity index (χ2n) is 4.54. The molecule has 0 radical (unpaired) electrons. The van der Waals surface area contributed by atoms with Gasteiger partial charge in [0, 0.05) is 25.1 Å². The molecule has 0 aliphatic carbocycles. The minimum Gasteiger partial charge on any atom is -0.481 e. The summed E-state index contributed by atoms with van der Waals surface area (Å²) in [4.78, 5) is 44.8. The Hall–Kier alpha value is -2.97.